The van der Waals surface area contributed by atoms with Crippen LogP contribution in [0.25, 0.3) is 22.9 Å². The zero-order valence-electron chi connectivity index (χ0n) is 14.1. The van der Waals surface area contributed by atoms with Gasteiger partial charge in [0.2, 0.25) is 0 Å². The molecule has 2 aromatic rings. The normalized spacial score (nSPS) is 17.0. The van der Waals surface area contributed by atoms with Gasteiger partial charge in [-0.3, -0.25) is 0 Å². The van der Waals surface area contributed by atoms with Crippen molar-refractivity contribution in [3.05, 3.63) is 28.6 Å². The van der Waals surface area contributed by atoms with E-state index in [9.17, 15) is 8.78 Å². The SMILES string of the molecule is CCCCCNc1ccc2c3c(oc2c1F)=C(F)C(OCC)CC=3. The summed E-state index contributed by atoms with van der Waals surface area (Å²) >= 11 is 0. The maximum Gasteiger partial charge on any atom is 0.189 e. The number of rotatable bonds is 7. The Morgan fingerprint density at radius 1 is 1.25 bits per heavy atom. The van der Waals surface area contributed by atoms with E-state index in [1.807, 2.05) is 13.0 Å². The molecule has 130 valence electrons. The molecule has 0 saturated heterocycles. The molecule has 0 fully saturated rings. The molecule has 1 aliphatic rings. The van der Waals surface area contributed by atoms with Crippen molar-refractivity contribution in [3.8, 4) is 0 Å². The number of nitrogens with one attached hydrogen (secondary N) is 1. The van der Waals surface area contributed by atoms with Crippen LogP contribution in [-0.4, -0.2) is 19.3 Å². The first-order valence-electron chi connectivity index (χ1n) is 8.63. The summed E-state index contributed by atoms with van der Waals surface area (Å²) in [6.07, 6.45) is 4.84. The van der Waals surface area contributed by atoms with E-state index in [0.29, 0.717) is 35.9 Å². The van der Waals surface area contributed by atoms with E-state index in [1.54, 1.807) is 12.1 Å². The van der Waals surface area contributed by atoms with Crippen molar-refractivity contribution in [1.29, 1.82) is 0 Å². The van der Waals surface area contributed by atoms with Gasteiger partial charge in [0.25, 0.3) is 0 Å². The summed E-state index contributed by atoms with van der Waals surface area (Å²) in [6, 6.07) is 3.48. The van der Waals surface area contributed by atoms with Crippen molar-refractivity contribution >= 4 is 28.6 Å². The molecule has 1 heterocycles. The Morgan fingerprint density at radius 3 is 2.83 bits per heavy atom. The number of hydrogen-bond donors (Lipinski definition) is 1. The van der Waals surface area contributed by atoms with Crippen LogP contribution in [0.4, 0.5) is 14.5 Å². The van der Waals surface area contributed by atoms with Gasteiger partial charge in [-0.1, -0.05) is 25.8 Å². The summed E-state index contributed by atoms with van der Waals surface area (Å²) in [6.45, 7) is 5.06. The monoisotopic (exact) mass is 335 g/mol. The van der Waals surface area contributed by atoms with Crippen LogP contribution in [0.3, 0.4) is 0 Å². The van der Waals surface area contributed by atoms with Gasteiger partial charge < -0.3 is 14.5 Å². The Kier molecular flexibility index (Phi) is 5.19. The summed E-state index contributed by atoms with van der Waals surface area (Å²) in [5.74, 6) is -0.921. The van der Waals surface area contributed by atoms with Crippen molar-refractivity contribution in [3.63, 3.8) is 0 Å². The molecule has 3 rings (SSSR count). The van der Waals surface area contributed by atoms with Gasteiger partial charge >= 0.3 is 0 Å². The van der Waals surface area contributed by atoms with Gasteiger partial charge in [0, 0.05) is 23.8 Å². The van der Waals surface area contributed by atoms with Crippen LogP contribution in [0, 0.1) is 5.82 Å². The number of furan rings is 1. The quantitative estimate of drug-likeness (QED) is 0.781. The lowest BCUT2D eigenvalue weighted by atomic mass is 10.1. The molecule has 0 aliphatic heterocycles. The van der Waals surface area contributed by atoms with E-state index in [2.05, 4.69) is 12.2 Å². The van der Waals surface area contributed by atoms with Gasteiger partial charge in [0.1, 0.15) is 6.10 Å². The minimum absolute atomic E-state index is 0.0942. The number of hydrogen-bond acceptors (Lipinski definition) is 3. The van der Waals surface area contributed by atoms with Crippen molar-refractivity contribution < 1.29 is 17.9 Å². The van der Waals surface area contributed by atoms with Crippen molar-refractivity contribution in [2.24, 2.45) is 0 Å². The molecule has 0 saturated carbocycles. The van der Waals surface area contributed by atoms with E-state index < -0.39 is 17.7 Å². The summed E-state index contributed by atoms with van der Waals surface area (Å²) in [5.41, 5.74) is 0.590. The highest BCUT2D eigenvalue weighted by molar-refractivity contribution is 5.84. The van der Waals surface area contributed by atoms with Crippen LogP contribution >= 0.6 is 0 Å². The lowest BCUT2D eigenvalue weighted by Gasteiger charge is -2.14. The number of halogens is 2. The molecule has 0 amide bonds. The average Bonchev–Trinajstić information content (AvgIpc) is 2.96. The molecule has 1 aromatic heterocycles. The summed E-state index contributed by atoms with van der Waals surface area (Å²) in [5, 5.41) is 4.31. The first-order chi connectivity index (χ1) is 11.7. The molecule has 1 N–H and O–H groups in total. The zero-order chi connectivity index (χ0) is 17.1. The largest absolute Gasteiger partial charge is 0.450 e. The number of unbranched alkanes of at least 4 members (excludes halogenated alkanes) is 2. The lowest BCUT2D eigenvalue weighted by Crippen LogP contribution is -2.32. The summed E-state index contributed by atoms with van der Waals surface area (Å²) in [4.78, 5) is 0. The zero-order valence-corrected chi connectivity index (χ0v) is 14.1. The predicted octanol–water partition coefficient (Wildman–Crippen LogP) is 3.84. The molecule has 24 heavy (non-hydrogen) atoms. The second-order valence-corrected chi connectivity index (χ2v) is 6.01. The lowest BCUT2D eigenvalue weighted by molar-refractivity contribution is 0.0945. The molecular formula is C19H23F2NO2. The van der Waals surface area contributed by atoms with E-state index in [0.717, 1.165) is 19.3 Å². The molecule has 0 spiro atoms. The van der Waals surface area contributed by atoms with E-state index in [1.165, 1.54) is 0 Å². The Balaban J connectivity index is 1.99. The van der Waals surface area contributed by atoms with Gasteiger partial charge in [-0.2, -0.15) is 0 Å². The third-order valence-corrected chi connectivity index (χ3v) is 4.34. The maximum absolute atomic E-state index is 14.7. The predicted molar refractivity (Wildman–Crippen MR) is 92.4 cm³/mol. The Labute approximate surface area is 140 Å². The van der Waals surface area contributed by atoms with Crippen LogP contribution < -0.4 is 16.0 Å². The highest BCUT2D eigenvalue weighted by Crippen LogP contribution is 2.24. The van der Waals surface area contributed by atoms with E-state index >= 15 is 0 Å². The topological polar surface area (TPSA) is 34.4 Å². The van der Waals surface area contributed by atoms with Crippen molar-refractivity contribution in [2.45, 2.75) is 45.6 Å². The van der Waals surface area contributed by atoms with Gasteiger partial charge in [-0.05, 0) is 31.9 Å². The average molecular weight is 335 g/mol. The first kappa shape index (κ1) is 17.0. The molecule has 0 radical (unpaired) electrons. The fraction of sp³-hybridized carbons (Fsp3) is 0.474. The molecule has 3 nitrogen and oxygen atoms in total. The first-order valence-corrected chi connectivity index (χ1v) is 8.63. The minimum Gasteiger partial charge on any atom is -0.450 e. The van der Waals surface area contributed by atoms with Gasteiger partial charge in [-0.25, -0.2) is 8.78 Å². The highest BCUT2D eigenvalue weighted by atomic mass is 19.1. The fourth-order valence-electron chi connectivity index (χ4n) is 3.08. The van der Waals surface area contributed by atoms with Crippen LogP contribution in [0.1, 0.15) is 39.5 Å². The highest BCUT2D eigenvalue weighted by Gasteiger charge is 2.23. The molecule has 1 aliphatic carbocycles. The summed E-state index contributed by atoms with van der Waals surface area (Å²) < 4.78 is 40.1. The molecule has 1 unspecified atom stereocenters. The van der Waals surface area contributed by atoms with Crippen LogP contribution in [0.2, 0.25) is 0 Å². The third kappa shape index (κ3) is 3.05. The smallest absolute Gasteiger partial charge is 0.189 e. The molecule has 0 bridgehead atoms. The van der Waals surface area contributed by atoms with E-state index in [-0.39, 0.29) is 11.0 Å². The molecule has 1 aromatic carbocycles. The second kappa shape index (κ2) is 7.34. The number of fused-ring (bicyclic) bond motifs is 3. The second-order valence-electron chi connectivity index (χ2n) is 6.01. The van der Waals surface area contributed by atoms with Gasteiger partial charge in [0.15, 0.2) is 22.6 Å². The summed E-state index contributed by atoms with van der Waals surface area (Å²) in [7, 11) is 0. The number of benzene rings is 1. The standard InChI is InChI=1S/C19H23F2NO2/c1-3-5-6-11-22-14-9-7-12-13-8-10-15(23-4-2)17(21)19(13)24-18(12)16(14)20/h7-9,15,22H,3-6,10-11H2,1-2H3. The van der Waals surface area contributed by atoms with Crippen LogP contribution in [0.15, 0.2) is 16.5 Å². The number of anilines is 1. The van der Waals surface area contributed by atoms with Crippen molar-refractivity contribution in [1.82, 2.24) is 0 Å². The van der Waals surface area contributed by atoms with Crippen LogP contribution in [-0.2, 0) is 4.74 Å². The number of ether oxygens (including phenoxy) is 1. The Bertz CT molecular complexity index is 841. The van der Waals surface area contributed by atoms with Gasteiger partial charge in [-0.15, -0.1) is 0 Å². The minimum atomic E-state index is -0.641. The maximum atomic E-state index is 14.7. The van der Waals surface area contributed by atoms with E-state index in [4.69, 9.17) is 9.15 Å². The fourth-order valence-corrected chi connectivity index (χ4v) is 3.08. The molecule has 5 heteroatoms. The molecule has 1 atom stereocenters. The van der Waals surface area contributed by atoms with Crippen LogP contribution in [0.5, 0.6) is 0 Å². The van der Waals surface area contributed by atoms with Gasteiger partial charge in [0.05, 0.1) is 5.69 Å². The molecular weight excluding hydrogens is 312 g/mol. The Hall–Kier alpha value is -1.88. The Morgan fingerprint density at radius 2 is 2.08 bits per heavy atom. The third-order valence-electron chi connectivity index (χ3n) is 4.34. The van der Waals surface area contributed by atoms with Crippen molar-refractivity contribution in [2.75, 3.05) is 18.5 Å².